The molecule has 0 bridgehead atoms. The number of anilines is 1. The summed E-state index contributed by atoms with van der Waals surface area (Å²) < 4.78 is 14.0. The van der Waals surface area contributed by atoms with Crippen molar-refractivity contribution in [2.24, 2.45) is 5.41 Å². The van der Waals surface area contributed by atoms with Gasteiger partial charge in [0.15, 0.2) is 5.78 Å². The van der Waals surface area contributed by atoms with Crippen molar-refractivity contribution in [2.75, 3.05) is 31.1 Å². The predicted octanol–water partition coefficient (Wildman–Crippen LogP) is 2.22. The Labute approximate surface area is 112 Å². The highest BCUT2D eigenvalue weighted by Gasteiger charge is 2.40. The Hall–Kier alpha value is -1.42. The number of halogens is 1. The Morgan fingerprint density at radius 3 is 2.95 bits per heavy atom. The highest BCUT2D eigenvalue weighted by Crippen LogP contribution is 2.39. The van der Waals surface area contributed by atoms with E-state index in [0.717, 1.165) is 39.0 Å². The molecule has 1 unspecified atom stereocenters. The minimum Gasteiger partial charge on any atom is -0.369 e. The number of ketones is 1. The van der Waals surface area contributed by atoms with Crippen molar-refractivity contribution >= 4 is 11.5 Å². The molecule has 1 atom stereocenters. The van der Waals surface area contributed by atoms with Gasteiger partial charge in [-0.25, -0.2) is 4.39 Å². The zero-order chi connectivity index (χ0) is 13.5. The summed E-state index contributed by atoms with van der Waals surface area (Å²) in [5, 5.41) is 3.40. The van der Waals surface area contributed by atoms with E-state index in [1.54, 1.807) is 12.1 Å². The van der Waals surface area contributed by atoms with Gasteiger partial charge in [-0.2, -0.15) is 0 Å². The molecule has 2 heterocycles. The molecular weight excluding hydrogens is 243 g/mol. The maximum atomic E-state index is 14.0. The first-order valence-electron chi connectivity index (χ1n) is 6.86. The van der Waals surface area contributed by atoms with E-state index in [2.05, 4.69) is 10.2 Å². The molecule has 2 aliphatic rings. The molecule has 19 heavy (non-hydrogen) atoms. The van der Waals surface area contributed by atoms with Gasteiger partial charge in [-0.3, -0.25) is 4.79 Å². The summed E-state index contributed by atoms with van der Waals surface area (Å²) in [5.41, 5.74) is 1.47. The smallest absolute Gasteiger partial charge is 0.159 e. The van der Waals surface area contributed by atoms with E-state index in [9.17, 15) is 9.18 Å². The number of carbonyl (C=O) groups is 1. The Bertz CT molecular complexity index is 509. The van der Waals surface area contributed by atoms with Crippen LogP contribution in [0.2, 0.25) is 0 Å². The van der Waals surface area contributed by atoms with Crippen LogP contribution in [0.15, 0.2) is 18.2 Å². The number of rotatable bonds is 2. The van der Waals surface area contributed by atoms with Crippen molar-refractivity contribution in [3.05, 3.63) is 29.6 Å². The molecule has 1 aromatic rings. The van der Waals surface area contributed by atoms with E-state index in [1.165, 1.54) is 13.0 Å². The van der Waals surface area contributed by atoms with Gasteiger partial charge in [0.25, 0.3) is 0 Å². The number of hydrogen-bond donors (Lipinski definition) is 1. The predicted molar refractivity (Wildman–Crippen MR) is 73.2 cm³/mol. The van der Waals surface area contributed by atoms with E-state index >= 15 is 0 Å². The first-order chi connectivity index (χ1) is 9.10. The lowest BCUT2D eigenvalue weighted by Crippen LogP contribution is -2.29. The number of carbonyl (C=O) groups excluding carboxylic acids is 1. The summed E-state index contributed by atoms with van der Waals surface area (Å²) in [6.45, 7) is 5.36. The molecule has 0 radical (unpaired) electrons. The largest absolute Gasteiger partial charge is 0.369 e. The fourth-order valence-electron chi connectivity index (χ4n) is 3.26. The lowest BCUT2D eigenvalue weighted by molar-refractivity contribution is 0.101. The number of nitrogens with zero attached hydrogens (tertiary/aromatic N) is 1. The summed E-state index contributed by atoms with van der Waals surface area (Å²) in [5.74, 6) is -0.245. The van der Waals surface area contributed by atoms with Gasteiger partial charge in [-0.15, -0.1) is 0 Å². The molecule has 1 spiro atoms. The SMILES string of the molecule is CC(=O)c1ccc(F)c(N2CCC3(CCNC3)C2)c1. The van der Waals surface area contributed by atoms with Crippen molar-refractivity contribution in [3.63, 3.8) is 0 Å². The van der Waals surface area contributed by atoms with Crippen molar-refractivity contribution in [2.45, 2.75) is 19.8 Å². The van der Waals surface area contributed by atoms with Crippen LogP contribution in [0.5, 0.6) is 0 Å². The van der Waals surface area contributed by atoms with Gasteiger partial charge in [-0.05, 0) is 44.5 Å². The number of hydrogen-bond acceptors (Lipinski definition) is 3. The number of benzene rings is 1. The fraction of sp³-hybridized carbons (Fsp3) is 0.533. The summed E-state index contributed by atoms with van der Waals surface area (Å²) in [7, 11) is 0. The standard InChI is InChI=1S/C15H19FN2O/c1-11(19)12-2-3-13(16)14(8-12)18-7-5-15(10-18)4-6-17-9-15/h2-3,8,17H,4-7,9-10H2,1H3. The maximum absolute atomic E-state index is 14.0. The van der Waals surface area contributed by atoms with Crippen LogP contribution in [0, 0.1) is 11.2 Å². The zero-order valence-electron chi connectivity index (χ0n) is 11.2. The molecule has 3 nitrogen and oxygen atoms in total. The second-order valence-corrected chi connectivity index (χ2v) is 5.82. The van der Waals surface area contributed by atoms with Crippen molar-refractivity contribution in [3.8, 4) is 0 Å². The highest BCUT2D eigenvalue weighted by atomic mass is 19.1. The molecule has 2 fully saturated rings. The average molecular weight is 262 g/mol. The molecule has 2 aliphatic heterocycles. The summed E-state index contributed by atoms with van der Waals surface area (Å²) in [6, 6.07) is 4.66. The molecule has 1 N–H and O–H groups in total. The molecule has 3 rings (SSSR count). The van der Waals surface area contributed by atoms with E-state index in [0.29, 0.717) is 16.7 Å². The summed E-state index contributed by atoms with van der Waals surface area (Å²) in [4.78, 5) is 13.5. The van der Waals surface area contributed by atoms with E-state index in [4.69, 9.17) is 0 Å². The molecule has 2 saturated heterocycles. The van der Waals surface area contributed by atoms with E-state index < -0.39 is 0 Å². The van der Waals surface area contributed by atoms with Crippen LogP contribution < -0.4 is 10.2 Å². The third-order valence-electron chi connectivity index (χ3n) is 4.46. The Morgan fingerprint density at radius 2 is 2.26 bits per heavy atom. The lowest BCUT2D eigenvalue weighted by Gasteiger charge is -2.24. The van der Waals surface area contributed by atoms with Gasteiger partial charge < -0.3 is 10.2 Å². The van der Waals surface area contributed by atoms with E-state index in [-0.39, 0.29) is 11.6 Å². The van der Waals surface area contributed by atoms with Crippen LogP contribution in [-0.2, 0) is 0 Å². The third kappa shape index (κ3) is 2.25. The highest BCUT2D eigenvalue weighted by molar-refractivity contribution is 5.95. The lowest BCUT2D eigenvalue weighted by atomic mass is 9.86. The van der Waals surface area contributed by atoms with Gasteiger partial charge in [0.2, 0.25) is 0 Å². The second kappa shape index (κ2) is 4.60. The molecule has 0 saturated carbocycles. The third-order valence-corrected chi connectivity index (χ3v) is 4.46. The quantitative estimate of drug-likeness (QED) is 0.829. The van der Waals surface area contributed by atoms with Crippen molar-refractivity contribution in [1.82, 2.24) is 5.32 Å². The molecule has 4 heteroatoms. The van der Waals surface area contributed by atoms with Crippen LogP contribution >= 0.6 is 0 Å². The maximum Gasteiger partial charge on any atom is 0.159 e. The minimum absolute atomic E-state index is 0.0160. The summed E-state index contributed by atoms with van der Waals surface area (Å²) in [6.07, 6.45) is 2.27. The second-order valence-electron chi connectivity index (χ2n) is 5.82. The van der Waals surface area contributed by atoms with Crippen LogP contribution in [-0.4, -0.2) is 32.0 Å². The minimum atomic E-state index is -0.229. The van der Waals surface area contributed by atoms with Crippen LogP contribution in [0.1, 0.15) is 30.1 Å². The average Bonchev–Trinajstić information content (AvgIpc) is 3.01. The monoisotopic (exact) mass is 262 g/mol. The van der Waals surface area contributed by atoms with E-state index in [1.807, 2.05) is 0 Å². The van der Waals surface area contributed by atoms with Gasteiger partial charge in [0.05, 0.1) is 5.69 Å². The Kier molecular flexibility index (Phi) is 3.05. The molecule has 102 valence electrons. The normalized spacial score (nSPS) is 26.3. The molecule has 0 aliphatic carbocycles. The van der Waals surface area contributed by atoms with Crippen LogP contribution in [0.3, 0.4) is 0 Å². The summed E-state index contributed by atoms with van der Waals surface area (Å²) >= 11 is 0. The Balaban J connectivity index is 1.86. The van der Waals surface area contributed by atoms with Gasteiger partial charge in [0.1, 0.15) is 5.82 Å². The first-order valence-corrected chi connectivity index (χ1v) is 6.86. The Morgan fingerprint density at radius 1 is 1.42 bits per heavy atom. The van der Waals surface area contributed by atoms with Crippen LogP contribution in [0.4, 0.5) is 10.1 Å². The van der Waals surface area contributed by atoms with Gasteiger partial charge >= 0.3 is 0 Å². The van der Waals surface area contributed by atoms with Crippen LogP contribution in [0.25, 0.3) is 0 Å². The zero-order valence-corrected chi connectivity index (χ0v) is 11.2. The van der Waals surface area contributed by atoms with Crippen molar-refractivity contribution in [1.29, 1.82) is 0 Å². The van der Waals surface area contributed by atoms with Crippen molar-refractivity contribution < 1.29 is 9.18 Å². The number of nitrogens with one attached hydrogen (secondary N) is 1. The topological polar surface area (TPSA) is 32.3 Å². The number of Topliss-reactive ketones (excluding diaryl/α,β-unsaturated/α-hetero) is 1. The molecule has 0 aromatic heterocycles. The molecule has 0 amide bonds. The molecule has 1 aromatic carbocycles. The van der Waals surface area contributed by atoms with Gasteiger partial charge in [0, 0.05) is 30.6 Å². The molecular formula is C15H19FN2O. The fourth-order valence-corrected chi connectivity index (χ4v) is 3.26. The first kappa shape index (κ1) is 12.6. The van der Waals surface area contributed by atoms with Gasteiger partial charge in [-0.1, -0.05) is 0 Å².